The predicted molar refractivity (Wildman–Crippen MR) is 155 cm³/mol. The molecule has 4 aromatic rings. The lowest BCUT2D eigenvalue weighted by Crippen LogP contribution is -2.37. The summed E-state index contributed by atoms with van der Waals surface area (Å²) in [6.45, 7) is 9.88. The van der Waals surface area contributed by atoms with Crippen LogP contribution in [0.2, 0.25) is 0 Å². The summed E-state index contributed by atoms with van der Waals surface area (Å²) < 4.78 is 26.4. The number of imidazole rings is 1. The van der Waals surface area contributed by atoms with Crippen molar-refractivity contribution >= 4 is 29.2 Å². The molecular weight excluding hydrogens is 541 g/mol. The second-order valence-electron chi connectivity index (χ2n) is 11.0. The van der Waals surface area contributed by atoms with Gasteiger partial charge in [0.05, 0.1) is 36.3 Å². The van der Waals surface area contributed by atoms with Gasteiger partial charge in [-0.2, -0.15) is 0 Å². The summed E-state index contributed by atoms with van der Waals surface area (Å²) in [5, 5.41) is 14.0. The number of aliphatic hydroxyl groups is 1. The lowest BCUT2D eigenvalue weighted by atomic mass is 9.95. The first-order chi connectivity index (χ1) is 20.0. The molecule has 2 amide bonds. The Labute approximate surface area is 243 Å². The van der Waals surface area contributed by atoms with E-state index in [1.807, 2.05) is 19.9 Å². The third-order valence-electron chi connectivity index (χ3n) is 7.02. The molecule has 1 fully saturated rings. The number of nitrogens with zero attached hydrogens (tertiary/aromatic N) is 4. The average Bonchev–Trinajstić information content (AvgIpc) is 3.67. The largest absolute Gasteiger partial charge is 0.443 e. The number of carbonyl (C=O) groups excluding carboxylic acids is 2. The van der Waals surface area contributed by atoms with Gasteiger partial charge in [0, 0.05) is 42.6 Å². The number of benzene rings is 1. The van der Waals surface area contributed by atoms with E-state index in [0.29, 0.717) is 58.1 Å². The Morgan fingerprint density at radius 2 is 1.93 bits per heavy atom. The lowest BCUT2D eigenvalue weighted by molar-refractivity contribution is 0.0228. The zero-order valence-electron chi connectivity index (χ0n) is 24.3. The summed E-state index contributed by atoms with van der Waals surface area (Å²) >= 11 is 0. The number of rotatable bonds is 4. The van der Waals surface area contributed by atoms with Gasteiger partial charge in [-0.25, -0.2) is 24.1 Å². The van der Waals surface area contributed by atoms with Crippen molar-refractivity contribution in [1.29, 1.82) is 0 Å². The molecule has 0 aliphatic carbocycles. The van der Waals surface area contributed by atoms with E-state index in [-0.39, 0.29) is 13.2 Å². The van der Waals surface area contributed by atoms with Gasteiger partial charge in [-0.05, 0) is 44.5 Å². The highest BCUT2D eigenvalue weighted by Gasteiger charge is 2.39. The normalized spacial score (nSPS) is 18.1. The van der Waals surface area contributed by atoms with Crippen molar-refractivity contribution in [2.24, 2.45) is 0 Å². The average molecular weight is 576 g/mol. The van der Waals surface area contributed by atoms with Crippen molar-refractivity contribution in [3.8, 4) is 11.3 Å². The minimum Gasteiger partial charge on any atom is -0.443 e. The number of hydrogen-bond acceptors (Lipinski definition) is 8. The SMILES string of the molecule is CC.CC(C)(C)OC(=O)N1Cc2c(-c3cnc4cc(F)ccn34)ccc(Nc3ccc(C4(O)CCOC4)cn3)c2C1=O. The topological polar surface area (TPSA) is 118 Å². The Morgan fingerprint density at radius 1 is 1.14 bits per heavy atom. The maximum atomic E-state index is 13.8. The zero-order valence-corrected chi connectivity index (χ0v) is 24.3. The van der Waals surface area contributed by atoms with E-state index in [0.717, 1.165) is 4.90 Å². The molecule has 42 heavy (non-hydrogen) atoms. The van der Waals surface area contributed by atoms with Crippen LogP contribution >= 0.6 is 0 Å². The van der Waals surface area contributed by atoms with Crippen LogP contribution in [0.3, 0.4) is 0 Å². The summed E-state index contributed by atoms with van der Waals surface area (Å²) in [4.78, 5) is 36.5. The number of halogens is 1. The van der Waals surface area contributed by atoms with Crippen LogP contribution in [-0.4, -0.2) is 55.2 Å². The van der Waals surface area contributed by atoms with Crippen molar-refractivity contribution in [1.82, 2.24) is 19.3 Å². The van der Waals surface area contributed by atoms with Crippen molar-refractivity contribution in [2.45, 2.75) is 58.8 Å². The molecule has 6 rings (SSSR count). The molecule has 2 N–H and O–H groups in total. The second kappa shape index (κ2) is 11.1. The first-order valence-electron chi connectivity index (χ1n) is 13.9. The minimum absolute atomic E-state index is 0.0121. The summed E-state index contributed by atoms with van der Waals surface area (Å²) in [6, 6.07) is 9.70. The van der Waals surface area contributed by atoms with Gasteiger partial charge < -0.3 is 19.9 Å². The Morgan fingerprint density at radius 3 is 2.60 bits per heavy atom. The fraction of sp³-hybridized carbons (Fsp3) is 0.355. The zero-order chi connectivity index (χ0) is 30.2. The van der Waals surface area contributed by atoms with E-state index >= 15 is 0 Å². The number of hydrogen-bond donors (Lipinski definition) is 2. The molecule has 3 aromatic heterocycles. The highest BCUT2D eigenvalue weighted by molar-refractivity contribution is 6.11. The molecule has 0 spiro atoms. The molecule has 10 nitrogen and oxygen atoms in total. The molecule has 1 unspecified atom stereocenters. The monoisotopic (exact) mass is 575 g/mol. The Kier molecular flexibility index (Phi) is 7.74. The molecule has 1 atom stereocenters. The van der Waals surface area contributed by atoms with Crippen LogP contribution in [0.15, 0.2) is 55.0 Å². The van der Waals surface area contributed by atoms with E-state index in [4.69, 9.17) is 9.47 Å². The molecule has 0 saturated carbocycles. The van der Waals surface area contributed by atoms with Crippen LogP contribution in [-0.2, 0) is 21.6 Å². The number of amides is 2. The molecule has 0 radical (unpaired) electrons. The summed E-state index contributed by atoms with van der Waals surface area (Å²) in [5.41, 5.74) is 1.87. The van der Waals surface area contributed by atoms with Gasteiger partial charge in [-0.3, -0.25) is 9.20 Å². The quantitative estimate of drug-likeness (QED) is 0.313. The maximum Gasteiger partial charge on any atom is 0.417 e. The highest BCUT2D eigenvalue weighted by Crippen LogP contribution is 2.39. The van der Waals surface area contributed by atoms with Crippen molar-refractivity contribution < 1.29 is 28.6 Å². The van der Waals surface area contributed by atoms with Gasteiger partial charge in [-0.15, -0.1) is 0 Å². The maximum absolute atomic E-state index is 13.8. The molecule has 11 heteroatoms. The van der Waals surface area contributed by atoms with Crippen LogP contribution in [0.1, 0.15) is 62.5 Å². The standard InChI is InChI=1S/C29H28FN5O5.C2H6/c1-28(2,3)40-27(37)35-15-20-19(22-14-32-24-12-18(30)8-10-34(22)24)5-6-21(25(20)26(35)36)33-23-7-4-17(13-31-23)29(38)9-11-39-16-29;1-2/h4-8,10,12-14,38H,9,11,15-16H2,1-3H3,(H,31,33);1-2H3. The predicted octanol–water partition coefficient (Wildman–Crippen LogP) is 5.80. The van der Waals surface area contributed by atoms with Crippen LogP contribution < -0.4 is 5.32 Å². The van der Waals surface area contributed by atoms with Gasteiger partial charge in [0.1, 0.15) is 28.5 Å². The van der Waals surface area contributed by atoms with Gasteiger partial charge in [-0.1, -0.05) is 26.0 Å². The number of ether oxygens (including phenoxy) is 2. The number of nitrogens with one attached hydrogen (secondary N) is 1. The van der Waals surface area contributed by atoms with Crippen LogP contribution in [0.4, 0.5) is 20.7 Å². The van der Waals surface area contributed by atoms with Crippen molar-refractivity contribution in [2.75, 3.05) is 18.5 Å². The number of pyridine rings is 2. The van der Waals surface area contributed by atoms with Gasteiger partial charge in [0.15, 0.2) is 0 Å². The number of anilines is 2. The number of imide groups is 1. The third kappa shape index (κ3) is 5.45. The molecule has 1 saturated heterocycles. The number of fused-ring (bicyclic) bond motifs is 2. The van der Waals surface area contributed by atoms with E-state index in [1.165, 1.54) is 12.1 Å². The summed E-state index contributed by atoms with van der Waals surface area (Å²) in [6.07, 6.45) is 4.50. The molecule has 2 aliphatic heterocycles. The van der Waals surface area contributed by atoms with Crippen LogP contribution in [0.5, 0.6) is 0 Å². The molecule has 0 bridgehead atoms. The first kappa shape index (κ1) is 29.2. The van der Waals surface area contributed by atoms with Gasteiger partial charge in [0.2, 0.25) is 0 Å². The molecule has 220 valence electrons. The number of aromatic nitrogens is 3. The molecule has 2 aliphatic rings. The highest BCUT2D eigenvalue weighted by atomic mass is 19.1. The minimum atomic E-state index is -1.07. The Bertz CT molecular complexity index is 1640. The molecule has 5 heterocycles. The molecule has 1 aromatic carbocycles. The van der Waals surface area contributed by atoms with Crippen LogP contribution in [0, 0.1) is 5.82 Å². The second-order valence-corrected chi connectivity index (χ2v) is 11.0. The van der Waals surface area contributed by atoms with Crippen LogP contribution in [0.25, 0.3) is 16.9 Å². The van der Waals surface area contributed by atoms with Crippen molar-refractivity contribution in [3.05, 3.63) is 77.5 Å². The fourth-order valence-corrected chi connectivity index (χ4v) is 5.05. The van der Waals surface area contributed by atoms with E-state index in [9.17, 15) is 19.1 Å². The summed E-state index contributed by atoms with van der Waals surface area (Å²) in [5.74, 6) is -0.468. The summed E-state index contributed by atoms with van der Waals surface area (Å²) in [7, 11) is 0. The lowest BCUT2D eigenvalue weighted by Gasteiger charge is -2.23. The van der Waals surface area contributed by atoms with Gasteiger partial charge >= 0.3 is 6.09 Å². The Balaban J connectivity index is 0.00000173. The van der Waals surface area contributed by atoms with E-state index in [1.54, 1.807) is 62.0 Å². The first-order valence-corrected chi connectivity index (χ1v) is 13.9. The smallest absolute Gasteiger partial charge is 0.417 e. The third-order valence-corrected chi connectivity index (χ3v) is 7.02. The van der Waals surface area contributed by atoms with E-state index < -0.39 is 29.0 Å². The molecular formula is C31H34FN5O5. The van der Waals surface area contributed by atoms with Crippen molar-refractivity contribution in [3.63, 3.8) is 0 Å². The van der Waals surface area contributed by atoms with Gasteiger partial charge in [0.25, 0.3) is 5.91 Å². The van der Waals surface area contributed by atoms with E-state index in [2.05, 4.69) is 15.3 Å². The fourth-order valence-electron chi connectivity index (χ4n) is 5.05. The Hall–Kier alpha value is -4.35. The number of carbonyl (C=O) groups is 2.